The quantitative estimate of drug-likeness (QED) is 0.837. The van der Waals surface area contributed by atoms with Crippen LogP contribution in [0.4, 0.5) is 0 Å². The average molecular weight is 228 g/mol. The van der Waals surface area contributed by atoms with Crippen LogP contribution in [-0.4, -0.2) is 24.5 Å². The summed E-state index contributed by atoms with van der Waals surface area (Å²) in [7, 11) is 0. The Morgan fingerprint density at radius 2 is 2.00 bits per heavy atom. The normalized spacial score (nSPS) is 20.9. The molecule has 3 rings (SSSR count). The molecular weight excluding hydrogens is 208 g/mol. The molecule has 0 aliphatic carbocycles. The van der Waals surface area contributed by atoms with E-state index in [0.717, 1.165) is 13.1 Å². The largest absolute Gasteiger partial charge is 0.388 e. The van der Waals surface area contributed by atoms with Crippen molar-refractivity contribution in [3.63, 3.8) is 0 Å². The predicted octanol–water partition coefficient (Wildman–Crippen LogP) is 2.53. The molecule has 0 spiro atoms. The molecule has 0 fully saturated rings. The molecule has 17 heavy (non-hydrogen) atoms. The molecule has 2 heteroatoms. The van der Waals surface area contributed by atoms with E-state index in [-0.39, 0.29) is 0 Å². The van der Waals surface area contributed by atoms with Gasteiger partial charge in [0.2, 0.25) is 0 Å². The summed E-state index contributed by atoms with van der Waals surface area (Å²) in [5.41, 5.74) is 4.62. The van der Waals surface area contributed by atoms with Crippen molar-refractivity contribution in [3.05, 3.63) is 47.2 Å². The molecule has 90 valence electrons. The first kappa shape index (κ1) is 10.8. The minimum Gasteiger partial charge on any atom is -0.388 e. The van der Waals surface area contributed by atoms with Crippen molar-refractivity contribution in [2.75, 3.05) is 19.6 Å². The molecule has 0 unspecified atom stereocenters. The van der Waals surface area contributed by atoms with Crippen molar-refractivity contribution in [2.24, 2.45) is 0 Å². The highest BCUT2D eigenvalue weighted by Crippen LogP contribution is 2.24. The van der Waals surface area contributed by atoms with Gasteiger partial charge in [0.25, 0.3) is 0 Å². The Morgan fingerprint density at radius 3 is 2.88 bits per heavy atom. The Hall–Kier alpha value is -1.28. The maximum atomic E-state index is 3.56. The van der Waals surface area contributed by atoms with Crippen molar-refractivity contribution in [3.8, 4) is 0 Å². The third kappa shape index (κ3) is 2.52. The summed E-state index contributed by atoms with van der Waals surface area (Å²) in [5.74, 6) is 0. The summed E-state index contributed by atoms with van der Waals surface area (Å²) < 4.78 is 0. The van der Waals surface area contributed by atoms with E-state index in [0.29, 0.717) is 0 Å². The number of rotatable bonds is 2. The van der Waals surface area contributed by atoms with Crippen molar-refractivity contribution >= 4 is 0 Å². The van der Waals surface area contributed by atoms with Crippen molar-refractivity contribution in [1.82, 2.24) is 10.2 Å². The molecule has 1 N–H and O–H groups in total. The van der Waals surface area contributed by atoms with Gasteiger partial charge in [-0.05, 0) is 30.4 Å². The number of hydrogen-bond acceptors (Lipinski definition) is 2. The van der Waals surface area contributed by atoms with E-state index < -0.39 is 0 Å². The topological polar surface area (TPSA) is 15.3 Å². The SMILES string of the molecule is c1ccc(CN2CCC3=C(CCCN3)C2)cc1. The lowest BCUT2D eigenvalue weighted by Gasteiger charge is -2.33. The molecule has 0 radical (unpaired) electrons. The zero-order chi connectivity index (χ0) is 11.5. The molecule has 0 bridgehead atoms. The van der Waals surface area contributed by atoms with E-state index in [2.05, 4.69) is 40.5 Å². The molecule has 0 saturated carbocycles. The lowest BCUT2D eigenvalue weighted by atomic mass is 9.97. The maximum Gasteiger partial charge on any atom is 0.0237 e. The van der Waals surface area contributed by atoms with Crippen LogP contribution in [0.3, 0.4) is 0 Å². The van der Waals surface area contributed by atoms with Crippen LogP contribution in [-0.2, 0) is 6.54 Å². The summed E-state index contributed by atoms with van der Waals surface area (Å²) in [5, 5.41) is 3.56. The van der Waals surface area contributed by atoms with E-state index in [1.54, 1.807) is 11.3 Å². The van der Waals surface area contributed by atoms with Crippen LogP contribution in [0.15, 0.2) is 41.6 Å². The average Bonchev–Trinajstić information content (AvgIpc) is 2.40. The van der Waals surface area contributed by atoms with Crippen LogP contribution in [0.2, 0.25) is 0 Å². The fourth-order valence-corrected chi connectivity index (χ4v) is 2.85. The first-order chi connectivity index (χ1) is 8.42. The third-order valence-electron chi connectivity index (χ3n) is 3.76. The van der Waals surface area contributed by atoms with Gasteiger partial charge in [0.05, 0.1) is 0 Å². The second kappa shape index (κ2) is 4.92. The number of benzene rings is 1. The van der Waals surface area contributed by atoms with Gasteiger partial charge in [-0.15, -0.1) is 0 Å². The summed E-state index contributed by atoms with van der Waals surface area (Å²) in [6, 6.07) is 10.8. The molecule has 2 aliphatic heterocycles. The van der Waals surface area contributed by atoms with Crippen LogP contribution < -0.4 is 5.32 Å². The number of hydrogen-bond donors (Lipinski definition) is 1. The zero-order valence-corrected chi connectivity index (χ0v) is 10.3. The molecule has 1 aromatic rings. The highest BCUT2D eigenvalue weighted by Gasteiger charge is 2.20. The Bertz CT molecular complexity index is 408. The first-order valence-electron chi connectivity index (χ1n) is 6.63. The van der Waals surface area contributed by atoms with Gasteiger partial charge in [0, 0.05) is 31.9 Å². The summed E-state index contributed by atoms with van der Waals surface area (Å²) in [6.45, 7) is 4.63. The summed E-state index contributed by atoms with van der Waals surface area (Å²) in [4.78, 5) is 2.57. The van der Waals surface area contributed by atoms with Crippen molar-refractivity contribution < 1.29 is 0 Å². The minimum absolute atomic E-state index is 1.09. The molecule has 0 atom stereocenters. The maximum absolute atomic E-state index is 3.56. The molecule has 1 aromatic carbocycles. The lowest BCUT2D eigenvalue weighted by molar-refractivity contribution is 0.264. The van der Waals surface area contributed by atoms with Gasteiger partial charge in [-0.2, -0.15) is 0 Å². The van der Waals surface area contributed by atoms with Crippen LogP contribution in [0.25, 0.3) is 0 Å². The molecule has 2 nitrogen and oxygen atoms in total. The van der Waals surface area contributed by atoms with E-state index >= 15 is 0 Å². The minimum atomic E-state index is 1.09. The van der Waals surface area contributed by atoms with E-state index in [9.17, 15) is 0 Å². The fourth-order valence-electron chi connectivity index (χ4n) is 2.85. The highest BCUT2D eigenvalue weighted by molar-refractivity contribution is 5.21. The van der Waals surface area contributed by atoms with Crippen molar-refractivity contribution in [1.29, 1.82) is 0 Å². The number of nitrogens with zero attached hydrogens (tertiary/aromatic N) is 1. The Kier molecular flexibility index (Phi) is 3.14. The Labute approximate surface area is 103 Å². The van der Waals surface area contributed by atoms with Gasteiger partial charge in [-0.25, -0.2) is 0 Å². The second-order valence-corrected chi connectivity index (χ2v) is 5.06. The smallest absolute Gasteiger partial charge is 0.0237 e. The van der Waals surface area contributed by atoms with Gasteiger partial charge in [-0.3, -0.25) is 4.90 Å². The van der Waals surface area contributed by atoms with Gasteiger partial charge in [0.1, 0.15) is 0 Å². The second-order valence-electron chi connectivity index (χ2n) is 5.06. The monoisotopic (exact) mass is 228 g/mol. The number of nitrogens with one attached hydrogen (secondary N) is 1. The predicted molar refractivity (Wildman–Crippen MR) is 70.6 cm³/mol. The highest BCUT2D eigenvalue weighted by atomic mass is 15.1. The summed E-state index contributed by atoms with van der Waals surface area (Å²) in [6.07, 6.45) is 3.81. The van der Waals surface area contributed by atoms with Crippen LogP contribution >= 0.6 is 0 Å². The van der Waals surface area contributed by atoms with Crippen LogP contribution in [0, 0.1) is 0 Å². The Balaban J connectivity index is 1.66. The fraction of sp³-hybridized carbons (Fsp3) is 0.467. The lowest BCUT2D eigenvalue weighted by Crippen LogP contribution is -2.37. The zero-order valence-electron chi connectivity index (χ0n) is 10.3. The summed E-state index contributed by atoms with van der Waals surface area (Å²) >= 11 is 0. The molecule has 2 aliphatic rings. The van der Waals surface area contributed by atoms with Gasteiger partial charge in [-0.1, -0.05) is 30.3 Å². The van der Waals surface area contributed by atoms with Crippen LogP contribution in [0.1, 0.15) is 24.8 Å². The van der Waals surface area contributed by atoms with E-state index in [1.165, 1.54) is 37.9 Å². The third-order valence-corrected chi connectivity index (χ3v) is 3.76. The molecule has 2 heterocycles. The van der Waals surface area contributed by atoms with Gasteiger partial charge in [0.15, 0.2) is 0 Å². The first-order valence-corrected chi connectivity index (χ1v) is 6.63. The van der Waals surface area contributed by atoms with Gasteiger partial charge < -0.3 is 5.32 Å². The van der Waals surface area contributed by atoms with Gasteiger partial charge >= 0.3 is 0 Å². The molecular formula is C15H20N2. The van der Waals surface area contributed by atoms with E-state index in [4.69, 9.17) is 0 Å². The Morgan fingerprint density at radius 1 is 1.12 bits per heavy atom. The van der Waals surface area contributed by atoms with Crippen molar-refractivity contribution in [2.45, 2.75) is 25.8 Å². The molecule has 0 saturated heterocycles. The van der Waals surface area contributed by atoms with E-state index in [1.807, 2.05) is 0 Å². The van der Waals surface area contributed by atoms with Crippen LogP contribution in [0.5, 0.6) is 0 Å². The molecule has 0 aromatic heterocycles. The molecule has 0 amide bonds. The standard InChI is InChI=1S/C15H20N2/c1-2-5-13(6-3-1)11-17-10-8-15-14(12-17)7-4-9-16-15/h1-3,5-6,16H,4,7-12H2.